The van der Waals surface area contributed by atoms with Crippen LogP contribution in [0.3, 0.4) is 0 Å². The highest BCUT2D eigenvalue weighted by atomic mass is 14.0. The van der Waals surface area contributed by atoms with E-state index in [0.717, 1.165) is 46.3 Å². The topological polar surface area (TPSA) is 0 Å². The van der Waals surface area contributed by atoms with Crippen LogP contribution in [0.2, 0.25) is 0 Å². The maximum Gasteiger partial charge on any atom is -0.0262 e. The predicted octanol–water partition coefficient (Wildman–Crippen LogP) is 6.81. The first kappa shape index (κ1) is 19.7. The van der Waals surface area contributed by atoms with Crippen LogP contribution in [0.1, 0.15) is 26.7 Å². The zero-order valence-corrected chi connectivity index (χ0v) is 14.1. The van der Waals surface area contributed by atoms with Crippen LogP contribution in [-0.4, -0.2) is 0 Å². The summed E-state index contributed by atoms with van der Waals surface area (Å²) in [7, 11) is 0. The van der Waals surface area contributed by atoms with Gasteiger partial charge in [0.25, 0.3) is 0 Å². The molecular formula is C22H28. The lowest BCUT2D eigenvalue weighted by molar-refractivity contribution is 1.16. The highest BCUT2D eigenvalue weighted by molar-refractivity contribution is 5.50. The minimum atomic E-state index is 0.844. The van der Waals surface area contributed by atoms with Gasteiger partial charge in [-0.05, 0) is 35.1 Å². The van der Waals surface area contributed by atoms with Crippen LogP contribution in [0, 0.1) is 0 Å². The third-order valence-corrected chi connectivity index (χ3v) is 3.26. The van der Waals surface area contributed by atoms with E-state index >= 15 is 0 Å². The number of hydrogen-bond donors (Lipinski definition) is 0. The van der Waals surface area contributed by atoms with Gasteiger partial charge in [-0.2, -0.15) is 0 Å². The molecule has 0 nitrogen and oxygen atoms in total. The van der Waals surface area contributed by atoms with Crippen molar-refractivity contribution in [1.29, 1.82) is 0 Å². The molecule has 0 aliphatic carbocycles. The lowest BCUT2D eigenvalue weighted by Crippen LogP contribution is -1.82. The van der Waals surface area contributed by atoms with Crippen molar-refractivity contribution < 1.29 is 0 Å². The summed E-state index contributed by atoms with van der Waals surface area (Å²) in [5, 5.41) is 0. The highest BCUT2D eigenvalue weighted by Gasteiger charge is 1.95. The third-order valence-electron chi connectivity index (χ3n) is 3.26. The molecule has 0 aromatic rings. The summed E-state index contributed by atoms with van der Waals surface area (Å²) in [6, 6.07) is 0. The molecule has 0 amide bonds. The standard InChI is InChI=1S/C22H28/c1-9-17(3)11-13-19(5)21(7)15-16-22(8)20(6)14-12-18(4)10-2/h11-16H,3-10H2,1-2H3/b13-11-,14-12-,16-15-. The minimum Gasteiger partial charge on any atom is -0.0958 e. The van der Waals surface area contributed by atoms with E-state index in [1.165, 1.54) is 0 Å². The second-order valence-electron chi connectivity index (χ2n) is 5.12. The van der Waals surface area contributed by atoms with Gasteiger partial charge in [0.05, 0.1) is 0 Å². The molecule has 0 heteroatoms. The molecular weight excluding hydrogens is 264 g/mol. The molecule has 0 fully saturated rings. The molecule has 22 heavy (non-hydrogen) atoms. The lowest BCUT2D eigenvalue weighted by Gasteiger charge is -2.02. The molecule has 0 saturated carbocycles. The van der Waals surface area contributed by atoms with Crippen LogP contribution < -0.4 is 0 Å². The molecule has 0 aromatic carbocycles. The third kappa shape index (κ3) is 8.06. The first-order chi connectivity index (χ1) is 10.3. The van der Waals surface area contributed by atoms with Crippen LogP contribution in [-0.2, 0) is 0 Å². The maximum atomic E-state index is 4.01. The second-order valence-corrected chi connectivity index (χ2v) is 5.12. The number of rotatable bonds is 10. The van der Waals surface area contributed by atoms with Crippen LogP contribution in [0.4, 0.5) is 0 Å². The Bertz CT molecular complexity index is 519. The van der Waals surface area contributed by atoms with E-state index in [-0.39, 0.29) is 0 Å². The van der Waals surface area contributed by atoms with Crippen molar-refractivity contribution in [1.82, 2.24) is 0 Å². The van der Waals surface area contributed by atoms with Crippen LogP contribution >= 0.6 is 0 Å². The molecule has 0 spiro atoms. The van der Waals surface area contributed by atoms with Crippen molar-refractivity contribution in [3.8, 4) is 0 Å². The Hall–Kier alpha value is -2.34. The summed E-state index contributed by atoms with van der Waals surface area (Å²) < 4.78 is 0. The molecule has 0 bridgehead atoms. The maximum absolute atomic E-state index is 4.01. The van der Waals surface area contributed by atoms with Crippen LogP contribution in [0.15, 0.2) is 109 Å². The summed E-state index contributed by atoms with van der Waals surface area (Å²) in [6.45, 7) is 28.0. The molecule has 0 saturated heterocycles. The Morgan fingerprint density at radius 3 is 0.955 bits per heavy atom. The predicted molar refractivity (Wildman–Crippen MR) is 103 cm³/mol. The molecule has 0 rings (SSSR count). The first-order valence-electron chi connectivity index (χ1n) is 7.47. The van der Waals surface area contributed by atoms with E-state index in [1.807, 2.05) is 36.5 Å². The Morgan fingerprint density at radius 2 is 0.727 bits per heavy atom. The molecule has 0 aliphatic heterocycles. The van der Waals surface area contributed by atoms with Crippen LogP contribution in [0.5, 0.6) is 0 Å². The van der Waals surface area contributed by atoms with Gasteiger partial charge in [-0.15, -0.1) is 0 Å². The molecule has 0 aliphatic rings. The second kappa shape index (κ2) is 10.4. The SMILES string of the molecule is C=C(/C=C\C(=C)C(=C)/C=C\C(=C)C(=C)/C=C\C(=C)CC)CC. The zero-order valence-electron chi connectivity index (χ0n) is 14.1. The van der Waals surface area contributed by atoms with E-state index < -0.39 is 0 Å². The van der Waals surface area contributed by atoms with Crippen molar-refractivity contribution in [3.05, 3.63) is 109 Å². The summed E-state index contributed by atoms with van der Waals surface area (Å²) in [5.41, 5.74) is 5.54. The molecule has 0 atom stereocenters. The molecule has 0 aromatic heterocycles. The smallest absolute Gasteiger partial charge is 0.0262 e. The van der Waals surface area contributed by atoms with Crippen molar-refractivity contribution in [2.45, 2.75) is 26.7 Å². The Labute approximate surface area is 136 Å². The van der Waals surface area contributed by atoms with Gasteiger partial charge >= 0.3 is 0 Å². The van der Waals surface area contributed by atoms with Gasteiger partial charge in [0.15, 0.2) is 0 Å². The summed E-state index contributed by atoms with van der Waals surface area (Å²) in [4.78, 5) is 0. The lowest BCUT2D eigenvalue weighted by atomic mass is 10.0. The average Bonchev–Trinajstić information content (AvgIpc) is 2.53. The van der Waals surface area contributed by atoms with Crippen molar-refractivity contribution >= 4 is 0 Å². The monoisotopic (exact) mass is 292 g/mol. The fourth-order valence-electron chi connectivity index (χ4n) is 1.30. The van der Waals surface area contributed by atoms with E-state index in [1.54, 1.807) is 0 Å². The molecule has 0 unspecified atom stereocenters. The van der Waals surface area contributed by atoms with Crippen molar-refractivity contribution in [2.75, 3.05) is 0 Å². The van der Waals surface area contributed by atoms with Gasteiger partial charge in [-0.25, -0.2) is 0 Å². The molecule has 0 N–H and O–H groups in total. The zero-order chi connectivity index (χ0) is 17.1. The van der Waals surface area contributed by atoms with E-state index in [0.29, 0.717) is 0 Å². The van der Waals surface area contributed by atoms with Gasteiger partial charge in [0.2, 0.25) is 0 Å². The molecule has 0 heterocycles. The van der Waals surface area contributed by atoms with Gasteiger partial charge in [-0.1, -0.05) is 101 Å². The normalized spacial score (nSPS) is 11.2. The minimum absolute atomic E-state index is 0.844. The molecule has 116 valence electrons. The van der Waals surface area contributed by atoms with E-state index in [9.17, 15) is 0 Å². The summed E-state index contributed by atoms with van der Waals surface area (Å²) >= 11 is 0. The quantitative estimate of drug-likeness (QED) is 0.388. The van der Waals surface area contributed by atoms with E-state index in [2.05, 4.69) is 53.3 Å². The highest BCUT2D eigenvalue weighted by Crippen LogP contribution is 2.15. The van der Waals surface area contributed by atoms with Gasteiger partial charge in [-0.3, -0.25) is 0 Å². The van der Waals surface area contributed by atoms with Gasteiger partial charge < -0.3 is 0 Å². The Balaban J connectivity index is 4.64. The van der Waals surface area contributed by atoms with Gasteiger partial charge in [0.1, 0.15) is 0 Å². The number of hydrogen-bond acceptors (Lipinski definition) is 0. The first-order valence-corrected chi connectivity index (χ1v) is 7.47. The van der Waals surface area contributed by atoms with Crippen LogP contribution in [0.25, 0.3) is 0 Å². The molecule has 0 radical (unpaired) electrons. The summed E-state index contributed by atoms with van der Waals surface area (Å²) in [6.07, 6.45) is 13.5. The van der Waals surface area contributed by atoms with Gasteiger partial charge in [0, 0.05) is 0 Å². The Morgan fingerprint density at radius 1 is 0.500 bits per heavy atom. The van der Waals surface area contributed by atoms with Crippen molar-refractivity contribution in [3.63, 3.8) is 0 Å². The number of allylic oxidation sites excluding steroid dienone is 12. The van der Waals surface area contributed by atoms with Crippen molar-refractivity contribution in [2.24, 2.45) is 0 Å². The summed E-state index contributed by atoms with van der Waals surface area (Å²) in [5.74, 6) is 0. The fourth-order valence-corrected chi connectivity index (χ4v) is 1.30. The average molecular weight is 292 g/mol. The van der Waals surface area contributed by atoms with E-state index in [4.69, 9.17) is 0 Å². The Kier molecular flexibility index (Phi) is 9.29. The fraction of sp³-hybridized carbons (Fsp3) is 0.182. The largest absolute Gasteiger partial charge is 0.0958 e.